The van der Waals surface area contributed by atoms with E-state index in [1.54, 1.807) is 0 Å². The highest BCUT2D eigenvalue weighted by Gasteiger charge is 2.11. The molecule has 1 N–H and O–H groups in total. The fourth-order valence-corrected chi connectivity index (χ4v) is 3.06. The van der Waals surface area contributed by atoms with Gasteiger partial charge in [0.05, 0.1) is 5.69 Å². The molecule has 22 heavy (non-hydrogen) atoms. The molecule has 0 bridgehead atoms. The van der Waals surface area contributed by atoms with Crippen LogP contribution in [-0.4, -0.2) is 10.9 Å². The number of hydrogen-bond donors (Lipinski definition) is 1. The van der Waals surface area contributed by atoms with Gasteiger partial charge < -0.3 is 0 Å². The van der Waals surface area contributed by atoms with Crippen LogP contribution in [0, 0.1) is 6.92 Å². The van der Waals surface area contributed by atoms with Gasteiger partial charge in [-0.1, -0.05) is 46.3 Å². The van der Waals surface area contributed by atoms with Gasteiger partial charge in [-0.25, -0.2) is 4.98 Å². The number of carbonyl (C=O) groups excluding carboxylic acids is 1. The van der Waals surface area contributed by atoms with Crippen LogP contribution in [-0.2, 0) is 0 Å². The number of aromatic nitrogens is 1. The minimum absolute atomic E-state index is 0.130. The first-order chi connectivity index (χ1) is 10.6. The second-order valence-corrected chi connectivity index (χ2v) is 6.59. The Morgan fingerprint density at radius 1 is 1.14 bits per heavy atom. The van der Waals surface area contributed by atoms with E-state index in [1.165, 1.54) is 11.3 Å². The van der Waals surface area contributed by atoms with Crippen LogP contribution in [0.1, 0.15) is 15.9 Å². The molecule has 2 aromatic carbocycles. The van der Waals surface area contributed by atoms with E-state index in [9.17, 15) is 4.79 Å². The van der Waals surface area contributed by atoms with Crippen molar-refractivity contribution in [2.75, 3.05) is 5.32 Å². The summed E-state index contributed by atoms with van der Waals surface area (Å²) in [5.41, 5.74) is 3.50. The summed E-state index contributed by atoms with van der Waals surface area (Å²) in [6.07, 6.45) is 0. The number of anilines is 1. The molecule has 0 aliphatic rings. The number of thiazole rings is 1. The van der Waals surface area contributed by atoms with E-state index in [0.717, 1.165) is 21.3 Å². The molecule has 0 aliphatic heterocycles. The predicted molar refractivity (Wildman–Crippen MR) is 94.4 cm³/mol. The van der Waals surface area contributed by atoms with Gasteiger partial charge in [0, 0.05) is 21.0 Å². The molecule has 5 heteroatoms. The standard InChI is InChI=1S/C17H13BrN2OS/c1-11-4-2-3-5-14(11)16(21)20-17-19-15(10-22-17)12-6-8-13(18)9-7-12/h2-10H,1H3,(H,19,20,21). The highest BCUT2D eigenvalue weighted by molar-refractivity contribution is 9.10. The van der Waals surface area contributed by atoms with Crippen LogP contribution in [0.5, 0.6) is 0 Å². The van der Waals surface area contributed by atoms with Crippen LogP contribution in [0.3, 0.4) is 0 Å². The van der Waals surface area contributed by atoms with Gasteiger partial charge >= 0.3 is 0 Å². The Morgan fingerprint density at radius 3 is 2.59 bits per heavy atom. The zero-order valence-corrected chi connectivity index (χ0v) is 14.2. The first kappa shape index (κ1) is 14.9. The second kappa shape index (κ2) is 6.42. The Morgan fingerprint density at radius 2 is 1.86 bits per heavy atom. The molecule has 0 atom stereocenters. The minimum Gasteiger partial charge on any atom is -0.298 e. The zero-order chi connectivity index (χ0) is 15.5. The normalized spacial score (nSPS) is 10.5. The number of halogens is 1. The molecule has 110 valence electrons. The van der Waals surface area contributed by atoms with Crippen molar-refractivity contribution in [1.82, 2.24) is 4.98 Å². The maximum absolute atomic E-state index is 12.3. The van der Waals surface area contributed by atoms with E-state index in [2.05, 4.69) is 26.2 Å². The molecule has 1 heterocycles. The lowest BCUT2D eigenvalue weighted by atomic mass is 10.1. The summed E-state index contributed by atoms with van der Waals surface area (Å²) in [5, 5.41) is 5.40. The number of hydrogen-bond acceptors (Lipinski definition) is 3. The molecular weight excluding hydrogens is 360 g/mol. The van der Waals surface area contributed by atoms with E-state index >= 15 is 0 Å². The largest absolute Gasteiger partial charge is 0.298 e. The van der Waals surface area contributed by atoms with Gasteiger partial charge in [0.1, 0.15) is 0 Å². The summed E-state index contributed by atoms with van der Waals surface area (Å²) in [7, 11) is 0. The number of nitrogens with one attached hydrogen (secondary N) is 1. The van der Waals surface area contributed by atoms with E-state index < -0.39 is 0 Å². The lowest BCUT2D eigenvalue weighted by Gasteiger charge is -2.04. The van der Waals surface area contributed by atoms with E-state index in [4.69, 9.17) is 0 Å². The lowest BCUT2D eigenvalue weighted by molar-refractivity contribution is 0.102. The molecule has 0 spiro atoms. The molecule has 0 saturated carbocycles. The van der Waals surface area contributed by atoms with Gasteiger partial charge in [0.2, 0.25) is 0 Å². The van der Waals surface area contributed by atoms with Crippen LogP contribution in [0.4, 0.5) is 5.13 Å². The third kappa shape index (κ3) is 3.26. The Bertz CT molecular complexity index is 812. The minimum atomic E-state index is -0.130. The summed E-state index contributed by atoms with van der Waals surface area (Å²) in [6.45, 7) is 1.92. The Labute approximate surface area is 141 Å². The van der Waals surface area contributed by atoms with Crippen molar-refractivity contribution in [3.63, 3.8) is 0 Å². The third-order valence-electron chi connectivity index (χ3n) is 3.25. The Kier molecular flexibility index (Phi) is 4.36. The van der Waals surface area contributed by atoms with Crippen molar-refractivity contribution < 1.29 is 4.79 Å². The molecule has 0 radical (unpaired) electrons. The molecule has 3 nitrogen and oxygen atoms in total. The van der Waals surface area contributed by atoms with Crippen LogP contribution in [0.25, 0.3) is 11.3 Å². The number of rotatable bonds is 3. The average Bonchev–Trinajstić information content (AvgIpc) is 2.97. The predicted octanol–water partition coefficient (Wildman–Crippen LogP) is 5.13. The van der Waals surface area contributed by atoms with E-state index in [-0.39, 0.29) is 5.91 Å². The fraction of sp³-hybridized carbons (Fsp3) is 0.0588. The molecule has 1 amide bonds. The van der Waals surface area contributed by atoms with E-state index in [0.29, 0.717) is 10.7 Å². The van der Waals surface area contributed by atoms with Gasteiger partial charge in [-0.3, -0.25) is 10.1 Å². The van der Waals surface area contributed by atoms with Crippen molar-refractivity contribution in [1.29, 1.82) is 0 Å². The zero-order valence-electron chi connectivity index (χ0n) is 11.8. The average molecular weight is 373 g/mol. The molecule has 0 saturated heterocycles. The first-order valence-electron chi connectivity index (χ1n) is 6.72. The molecule has 3 rings (SSSR count). The SMILES string of the molecule is Cc1ccccc1C(=O)Nc1nc(-c2ccc(Br)cc2)cs1. The smallest absolute Gasteiger partial charge is 0.257 e. The lowest BCUT2D eigenvalue weighted by Crippen LogP contribution is -2.12. The Balaban J connectivity index is 1.78. The summed E-state index contributed by atoms with van der Waals surface area (Å²) in [5.74, 6) is -0.130. The summed E-state index contributed by atoms with van der Waals surface area (Å²) in [6, 6.07) is 15.4. The molecule has 0 fully saturated rings. The summed E-state index contributed by atoms with van der Waals surface area (Å²) in [4.78, 5) is 16.8. The molecule has 0 aliphatic carbocycles. The molecule has 3 aromatic rings. The van der Waals surface area contributed by atoms with Crippen LogP contribution < -0.4 is 5.32 Å². The van der Waals surface area contributed by atoms with E-state index in [1.807, 2.05) is 60.8 Å². The fourth-order valence-electron chi connectivity index (χ4n) is 2.08. The van der Waals surface area contributed by atoms with Crippen molar-refractivity contribution in [3.05, 3.63) is 69.5 Å². The highest BCUT2D eigenvalue weighted by Crippen LogP contribution is 2.26. The highest BCUT2D eigenvalue weighted by atomic mass is 79.9. The third-order valence-corrected chi connectivity index (χ3v) is 4.54. The maximum Gasteiger partial charge on any atom is 0.257 e. The maximum atomic E-state index is 12.3. The van der Waals surface area contributed by atoms with Gasteiger partial charge in [0.25, 0.3) is 5.91 Å². The quantitative estimate of drug-likeness (QED) is 0.691. The van der Waals surface area contributed by atoms with Crippen LogP contribution in [0.15, 0.2) is 58.4 Å². The topological polar surface area (TPSA) is 42.0 Å². The van der Waals surface area contributed by atoms with Crippen molar-refractivity contribution in [3.8, 4) is 11.3 Å². The number of aryl methyl sites for hydroxylation is 1. The summed E-state index contributed by atoms with van der Waals surface area (Å²) < 4.78 is 1.03. The van der Waals surface area contributed by atoms with Crippen molar-refractivity contribution in [2.24, 2.45) is 0 Å². The van der Waals surface area contributed by atoms with Gasteiger partial charge in [0.15, 0.2) is 5.13 Å². The number of amides is 1. The first-order valence-corrected chi connectivity index (χ1v) is 8.39. The molecule has 1 aromatic heterocycles. The second-order valence-electron chi connectivity index (χ2n) is 4.81. The van der Waals surface area contributed by atoms with Gasteiger partial charge in [-0.05, 0) is 30.7 Å². The van der Waals surface area contributed by atoms with Crippen molar-refractivity contribution in [2.45, 2.75) is 6.92 Å². The molecular formula is C17H13BrN2OS. The number of benzene rings is 2. The van der Waals surface area contributed by atoms with Crippen LogP contribution in [0.2, 0.25) is 0 Å². The Hall–Kier alpha value is -1.98. The van der Waals surface area contributed by atoms with Gasteiger partial charge in [-0.2, -0.15) is 0 Å². The summed E-state index contributed by atoms with van der Waals surface area (Å²) >= 11 is 4.84. The number of carbonyl (C=O) groups is 1. The van der Waals surface area contributed by atoms with Crippen molar-refractivity contribution >= 4 is 38.3 Å². The molecule has 0 unspecified atom stereocenters. The van der Waals surface area contributed by atoms with Crippen LogP contribution >= 0.6 is 27.3 Å². The number of nitrogens with zero attached hydrogens (tertiary/aromatic N) is 1. The van der Waals surface area contributed by atoms with Gasteiger partial charge in [-0.15, -0.1) is 11.3 Å². The monoisotopic (exact) mass is 372 g/mol.